The van der Waals surface area contributed by atoms with Gasteiger partial charge >= 0.3 is 0 Å². The van der Waals surface area contributed by atoms with Crippen LogP contribution in [0, 0.1) is 5.92 Å². The summed E-state index contributed by atoms with van der Waals surface area (Å²) in [5.41, 5.74) is 1.31. The first-order chi connectivity index (χ1) is 8.09. The standard InChI is InChI=1S/C14H23BrN2/c1-11(2)8-16-9-12(3)17-10-13-6-4-5-7-14(13)15/h4-7,11-12,16-17H,8-10H2,1-3H3. The summed E-state index contributed by atoms with van der Waals surface area (Å²) in [6.07, 6.45) is 0. The van der Waals surface area contributed by atoms with Crippen molar-refractivity contribution in [2.75, 3.05) is 13.1 Å². The fourth-order valence-electron chi connectivity index (χ4n) is 1.59. The number of halogens is 1. The Hall–Kier alpha value is -0.380. The van der Waals surface area contributed by atoms with Crippen LogP contribution in [0.3, 0.4) is 0 Å². The second-order valence-corrected chi connectivity index (χ2v) is 5.78. The van der Waals surface area contributed by atoms with Crippen molar-refractivity contribution in [2.24, 2.45) is 5.92 Å². The van der Waals surface area contributed by atoms with Gasteiger partial charge in [-0.3, -0.25) is 0 Å². The molecule has 0 amide bonds. The lowest BCUT2D eigenvalue weighted by atomic mass is 10.2. The Labute approximate surface area is 113 Å². The highest BCUT2D eigenvalue weighted by Gasteiger charge is 2.03. The van der Waals surface area contributed by atoms with Crippen molar-refractivity contribution >= 4 is 15.9 Å². The zero-order chi connectivity index (χ0) is 12.7. The first-order valence-corrected chi connectivity index (χ1v) is 7.06. The van der Waals surface area contributed by atoms with E-state index in [4.69, 9.17) is 0 Å². The molecule has 0 aliphatic rings. The van der Waals surface area contributed by atoms with Gasteiger partial charge < -0.3 is 10.6 Å². The molecule has 0 heterocycles. The summed E-state index contributed by atoms with van der Waals surface area (Å²) in [7, 11) is 0. The van der Waals surface area contributed by atoms with Gasteiger partial charge in [0.15, 0.2) is 0 Å². The van der Waals surface area contributed by atoms with Crippen LogP contribution in [0.15, 0.2) is 28.7 Å². The monoisotopic (exact) mass is 298 g/mol. The predicted molar refractivity (Wildman–Crippen MR) is 78.2 cm³/mol. The van der Waals surface area contributed by atoms with Gasteiger partial charge in [0, 0.05) is 23.6 Å². The van der Waals surface area contributed by atoms with E-state index in [1.807, 2.05) is 6.07 Å². The minimum absolute atomic E-state index is 0.487. The van der Waals surface area contributed by atoms with Gasteiger partial charge in [-0.15, -0.1) is 0 Å². The Morgan fingerprint density at radius 1 is 1.12 bits per heavy atom. The highest BCUT2D eigenvalue weighted by molar-refractivity contribution is 9.10. The van der Waals surface area contributed by atoms with Crippen LogP contribution in [0.25, 0.3) is 0 Å². The number of nitrogens with one attached hydrogen (secondary N) is 2. The highest BCUT2D eigenvalue weighted by Crippen LogP contribution is 2.15. The van der Waals surface area contributed by atoms with Crippen LogP contribution in [-0.4, -0.2) is 19.1 Å². The van der Waals surface area contributed by atoms with E-state index in [-0.39, 0.29) is 0 Å². The molecule has 2 nitrogen and oxygen atoms in total. The molecule has 1 unspecified atom stereocenters. The third kappa shape index (κ3) is 6.20. The lowest BCUT2D eigenvalue weighted by Crippen LogP contribution is -2.37. The Bertz CT molecular complexity index is 326. The second-order valence-electron chi connectivity index (χ2n) is 4.93. The molecule has 0 radical (unpaired) electrons. The molecule has 1 atom stereocenters. The van der Waals surface area contributed by atoms with Crippen LogP contribution in [-0.2, 0) is 6.54 Å². The molecule has 1 aromatic carbocycles. The van der Waals surface area contributed by atoms with Gasteiger partial charge in [-0.25, -0.2) is 0 Å². The van der Waals surface area contributed by atoms with E-state index < -0.39 is 0 Å². The Kier molecular flexibility index (Phi) is 6.78. The van der Waals surface area contributed by atoms with E-state index in [1.165, 1.54) is 10.0 Å². The molecule has 96 valence electrons. The molecule has 0 saturated heterocycles. The fourth-order valence-corrected chi connectivity index (χ4v) is 2.01. The summed E-state index contributed by atoms with van der Waals surface area (Å²) in [5.74, 6) is 0.713. The van der Waals surface area contributed by atoms with Crippen LogP contribution >= 0.6 is 15.9 Å². The van der Waals surface area contributed by atoms with Gasteiger partial charge in [-0.05, 0) is 31.0 Å². The molecule has 0 aliphatic heterocycles. The van der Waals surface area contributed by atoms with Crippen molar-refractivity contribution in [3.05, 3.63) is 34.3 Å². The number of rotatable bonds is 7. The van der Waals surface area contributed by atoms with Crippen molar-refractivity contribution < 1.29 is 0 Å². The molecule has 0 fully saturated rings. The average molecular weight is 299 g/mol. The molecule has 1 aromatic rings. The Balaban J connectivity index is 2.24. The summed E-state index contributed by atoms with van der Waals surface area (Å²) in [6.45, 7) is 9.68. The summed E-state index contributed by atoms with van der Waals surface area (Å²) < 4.78 is 1.18. The Morgan fingerprint density at radius 2 is 1.82 bits per heavy atom. The maximum absolute atomic E-state index is 3.56. The molecule has 0 saturated carbocycles. The van der Waals surface area contributed by atoms with E-state index in [9.17, 15) is 0 Å². The maximum Gasteiger partial charge on any atom is 0.0220 e. The number of hydrogen-bond acceptors (Lipinski definition) is 2. The zero-order valence-electron chi connectivity index (χ0n) is 11.0. The van der Waals surface area contributed by atoms with Crippen molar-refractivity contribution in [3.63, 3.8) is 0 Å². The van der Waals surface area contributed by atoms with Crippen molar-refractivity contribution in [3.8, 4) is 0 Å². The summed E-state index contributed by atoms with van der Waals surface area (Å²) in [6, 6.07) is 8.83. The fraction of sp³-hybridized carbons (Fsp3) is 0.571. The maximum atomic E-state index is 3.56. The molecular weight excluding hydrogens is 276 g/mol. The third-order valence-electron chi connectivity index (χ3n) is 2.60. The molecule has 17 heavy (non-hydrogen) atoms. The molecular formula is C14H23BrN2. The summed E-state index contributed by atoms with van der Waals surface area (Å²) >= 11 is 3.56. The van der Waals surface area contributed by atoms with Crippen molar-refractivity contribution in [1.29, 1.82) is 0 Å². The smallest absolute Gasteiger partial charge is 0.0220 e. The molecule has 2 N–H and O–H groups in total. The second kappa shape index (κ2) is 7.85. The SMILES string of the molecule is CC(C)CNCC(C)NCc1ccccc1Br. The average Bonchev–Trinajstić information content (AvgIpc) is 2.27. The first-order valence-electron chi connectivity index (χ1n) is 6.27. The molecule has 0 aliphatic carbocycles. The molecule has 1 rings (SSSR count). The predicted octanol–water partition coefficient (Wildman–Crippen LogP) is 3.17. The first kappa shape index (κ1) is 14.7. The minimum Gasteiger partial charge on any atom is -0.315 e. The van der Waals surface area contributed by atoms with E-state index in [1.54, 1.807) is 0 Å². The van der Waals surface area contributed by atoms with Crippen LogP contribution in [0.2, 0.25) is 0 Å². The minimum atomic E-state index is 0.487. The van der Waals surface area contributed by atoms with Gasteiger partial charge in [-0.1, -0.05) is 48.0 Å². The zero-order valence-corrected chi connectivity index (χ0v) is 12.5. The van der Waals surface area contributed by atoms with Crippen molar-refractivity contribution in [2.45, 2.75) is 33.4 Å². The lowest BCUT2D eigenvalue weighted by Gasteiger charge is -2.16. The van der Waals surface area contributed by atoms with E-state index in [0.717, 1.165) is 19.6 Å². The summed E-state index contributed by atoms with van der Waals surface area (Å²) in [5, 5.41) is 6.98. The molecule has 0 bridgehead atoms. The van der Waals surface area contributed by atoms with Crippen LogP contribution < -0.4 is 10.6 Å². The summed E-state index contributed by atoms with van der Waals surface area (Å²) in [4.78, 5) is 0. The van der Waals surface area contributed by atoms with Crippen LogP contribution in [0.1, 0.15) is 26.3 Å². The van der Waals surface area contributed by atoms with Crippen LogP contribution in [0.4, 0.5) is 0 Å². The number of hydrogen-bond donors (Lipinski definition) is 2. The third-order valence-corrected chi connectivity index (χ3v) is 3.38. The Morgan fingerprint density at radius 3 is 2.47 bits per heavy atom. The van der Waals surface area contributed by atoms with Crippen molar-refractivity contribution in [1.82, 2.24) is 10.6 Å². The van der Waals surface area contributed by atoms with E-state index >= 15 is 0 Å². The highest BCUT2D eigenvalue weighted by atomic mass is 79.9. The molecule has 3 heteroatoms. The van der Waals surface area contributed by atoms with Gasteiger partial charge in [0.05, 0.1) is 0 Å². The lowest BCUT2D eigenvalue weighted by molar-refractivity contribution is 0.472. The normalized spacial score (nSPS) is 13.0. The van der Waals surface area contributed by atoms with Crippen LogP contribution in [0.5, 0.6) is 0 Å². The van der Waals surface area contributed by atoms with E-state index in [2.05, 4.69) is 65.5 Å². The molecule has 0 spiro atoms. The topological polar surface area (TPSA) is 24.1 Å². The van der Waals surface area contributed by atoms with Gasteiger partial charge in [0.25, 0.3) is 0 Å². The molecule has 0 aromatic heterocycles. The van der Waals surface area contributed by atoms with Gasteiger partial charge in [0.1, 0.15) is 0 Å². The van der Waals surface area contributed by atoms with Gasteiger partial charge in [-0.2, -0.15) is 0 Å². The van der Waals surface area contributed by atoms with Gasteiger partial charge in [0.2, 0.25) is 0 Å². The quantitative estimate of drug-likeness (QED) is 0.808. The number of benzene rings is 1. The van der Waals surface area contributed by atoms with E-state index in [0.29, 0.717) is 12.0 Å². The largest absolute Gasteiger partial charge is 0.315 e.